The van der Waals surface area contributed by atoms with Crippen molar-refractivity contribution in [2.24, 2.45) is 0 Å². The third-order valence-electron chi connectivity index (χ3n) is 2.94. The summed E-state index contributed by atoms with van der Waals surface area (Å²) < 4.78 is 22.0. The Morgan fingerprint density at radius 2 is 2.12 bits per heavy atom. The van der Waals surface area contributed by atoms with E-state index in [1.807, 2.05) is 12.2 Å². The first-order valence-electron chi connectivity index (χ1n) is 5.86. The Kier molecular flexibility index (Phi) is 4.57. The molecule has 2 rings (SSSR count). The minimum absolute atomic E-state index is 0.0113. The Bertz CT molecular complexity index is 301. The van der Waals surface area contributed by atoms with Crippen LogP contribution in [0.4, 0.5) is 0 Å². The smallest absolute Gasteiger partial charge is 0.160 e. The standard InChI is InChI=1S/C13H18O4/c1-3-4-12-11(14-2)6-5-10(17-12)9-13-15-7-8-16-13/h1,5-6,10-13H,4,7-9H2,2H3. The van der Waals surface area contributed by atoms with Gasteiger partial charge in [-0.25, -0.2) is 0 Å². The number of hydrogen-bond donors (Lipinski definition) is 0. The molecule has 0 saturated carbocycles. The third kappa shape index (κ3) is 3.30. The first-order valence-corrected chi connectivity index (χ1v) is 5.86. The molecule has 17 heavy (non-hydrogen) atoms. The zero-order valence-electron chi connectivity index (χ0n) is 10.0. The molecule has 0 bridgehead atoms. The molecule has 0 aromatic rings. The van der Waals surface area contributed by atoms with Gasteiger partial charge in [0.2, 0.25) is 0 Å². The highest BCUT2D eigenvalue weighted by atomic mass is 16.7. The fourth-order valence-electron chi connectivity index (χ4n) is 2.08. The van der Waals surface area contributed by atoms with Crippen LogP contribution in [-0.2, 0) is 18.9 Å². The van der Waals surface area contributed by atoms with E-state index in [0.29, 0.717) is 26.1 Å². The highest BCUT2D eigenvalue weighted by Gasteiger charge is 2.29. The van der Waals surface area contributed by atoms with Crippen LogP contribution in [0.25, 0.3) is 0 Å². The monoisotopic (exact) mass is 238 g/mol. The van der Waals surface area contributed by atoms with Crippen LogP contribution in [0.3, 0.4) is 0 Å². The molecule has 94 valence electrons. The van der Waals surface area contributed by atoms with Crippen LogP contribution in [0.5, 0.6) is 0 Å². The van der Waals surface area contributed by atoms with Crippen molar-refractivity contribution >= 4 is 0 Å². The molecule has 3 unspecified atom stereocenters. The van der Waals surface area contributed by atoms with E-state index in [0.717, 1.165) is 0 Å². The molecule has 2 aliphatic rings. The first-order chi connectivity index (χ1) is 8.33. The second-order valence-electron chi connectivity index (χ2n) is 4.11. The predicted octanol–water partition coefficient (Wildman–Crippen LogP) is 1.11. The van der Waals surface area contributed by atoms with E-state index < -0.39 is 0 Å². The fraction of sp³-hybridized carbons (Fsp3) is 0.692. The predicted molar refractivity (Wildman–Crippen MR) is 62.4 cm³/mol. The lowest BCUT2D eigenvalue weighted by Gasteiger charge is -2.31. The Morgan fingerprint density at radius 1 is 1.35 bits per heavy atom. The van der Waals surface area contributed by atoms with E-state index in [-0.39, 0.29) is 24.6 Å². The highest BCUT2D eigenvalue weighted by Crippen LogP contribution is 2.22. The zero-order chi connectivity index (χ0) is 12.1. The van der Waals surface area contributed by atoms with Crippen LogP contribution in [0, 0.1) is 12.3 Å². The molecular weight excluding hydrogens is 220 g/mol. The van der Waals surface area contributed by atoms with E-state index in [4.69, 9.17) is 25.4 Å². The number of ether oxygens (including phenoxy) is 4. The minimum Gasteiger partial charge on any atom is -0.375 e. The molecule has 1 saturated heterocycles. The van der Waals surface area contributed by atoms with Crippen molar-refractivity contribution in [2.75, 3.05) is 20.3 Å². The molecule has 0 aliphatic carbocycles. The number of rotatable bonds is 4. The molecule has 0 aromatic carbocycles. The lowest BCUT2D eigenvalue weighted by molar-refractivity contribution is -0.111. The normalized spacial score (nSPS) is 33.8. The van der Waals surface area contributed by atoms with Crippen LogP contribution >= 0.6 is 0 Å². The first kappa shape index (κ1) is 12.6. The second kappa shape index (κ2) is 6.18. The lowest BCUT2D eigenvalue weighted by atomic mass is 10.0. The lowest BCUT2D eigenvalue weighted by Crippen LogP contribution is -2.37. The van der Waals surface area contributed by atoms with E-state index in [9.17, 15) is 0 Å². The van der Waals surface area contributed by atoms with Crippen molar-refractivity contribution in [3.8, 4) is 12.3 Å². The summed E-state index contributed by atoms with van der Waals surface area (Å²) in [6.45, 7) is 1.32. The summed E-state index contributed by atoms with van der Waals surface area (Å²) in [4.78, 5) is 0. The second-order valence-corrected chi connectivity index (χ2v) is 4.11. The highest BCUT2D eigenvalue weighted by molar-refractivity contribution is 5.06. The van der Waals surface area contributed by atoms with Crippen molar-refractivity contribution in [3.63, 3.8) is 0 Å². The van der Waals surface area contributed by atoms with Gasteiger partial charge in [0.1, 0.15) is 6.10 Å². The maximum Gasteiger partial charge on any atom is 0.160 e. The van der Waals surface area contributed by atoms with Crippen molar-refractivity contribution in [1.82, 2.24) is 0 Å². The van der Waals surface area contributed by atoms with Gasteiger partial charge < -0.3 is 18.9 Å². The van der Waals surface area contributed by atoms with Crippen LogP contribution in [0.15, 0.2) is 12.2 Å². The summed E-state index contributed by atoms with van der Waals surface area (Å²) in [5.41, 5.74) is 0. The summed E-state index contributed by atoms with van der Waals surface area (Å²) in [6, 6.07) is 0. The Hall–Kier alpha value is -0.860. The molecule has 3 atom stereocenters. The maximum atomic E-state index is 5.88. The average Bonchev–Trinajstić information content (AvgIpc) is 2.83. The van der Waals surface area contributed by atoms with Crippen molar-refractivity contribution in [2.45, 2.75) is 37.4 Å². The van der Waals surface area contributed by atoms with E-state index in [1.54, 1.807) is 7.11 Å². The van der Waals surface area contributed by atoms with Gasteiger partial charge in [0.15, 0.2) is 6.29 Å². The Morgan fingerprint density at radius 3 is 2.76 bits per heavy atom. The molecule has 0 N–H and O–H groups in total. The largest absolute Gasteiger partial charge is 0.375 e. The van der Waals surface area contributed by atoms with Gasteiger partial charge in [0, 0.05) is 20.0 Å². The molecule has 1 fully saturated rings. The van der Waals surface area contributed by atoms with Crippen molar-refractivity contribution in [1.29, 1.82) is 0 Å². The van der Waals surface area contributed by atoms with E-state index in [2.05, 4.69) is 5.92 Å². The fourth-order valence-corrected chi connectivity index (χ4v) is 2.08. The summed E-state index contributed by atoms with van der Waals surface area (Å²) in [6.07, 6.45) is 10.3. The summed E-state index contributed by atoms with van der Waals surface area (Å²) in [5, 5.41) is 0. The average molecular weight is 238 g/mol. The summed E-state index contributed by atoms with van der Waals surface area (Å²) >= 11 is 0. The molecule has 4 nitrogen and oxygen atoms in total. The van der Waals surface area contributed by atoms with Crippen molar-refractivity contribution < 1.29 is 18.9 Å². The van der Waals surface area contributed by atoms with Crippen molar-refractivity contribution in [3.05, 3.63) is 12.2 Å². The molecule has 2 heterocycles. The molecule has 2 aliphatic heterocycles. The molecule has 0 radical (unpaired) electrons. The van der Waals surface area contributed by atoms with Gasteiger partial charge in [0.25, 0.3) is 0 Å². The van der Waals surface area contributed by atoms with Gasteiger partial charge in [-0.2, -0.15) is 0 Å². The van der Waals surface area contributed by atoms with Gasteiger partial charge in [-0.3, -0.25) is 0 Å². The maximum absolute atomic E-state index is 5.88. The molecule has 0 aromatic heterocycles. The van der Waals surface area contributed by atoms with Gasteiger partial charge in [-0.05, 0) is 0 Å². The Balaban J connectivity index is 1.89. The van der Waals surface area contributed by atoms with Gasteiger partial charge in [-0.15, -0.1) is 12.3 Å². The summed E-state index contributed by atoms with van der Waals surface area (Å²) in [5.74, 6) is 2.61. The molecule has 4 heteroatoms. The van der Waals surface area contributed by atoms with Crippen LogP contribution in [-0.4, -0.2) is 44.9 Å². The van der Waals surface area contributed by atoms with E-state index in [1.165, 1.54) is 0 Å². The quantitative estimate of drug-likeness (QED) is 0.543. The molecule has 0 spiro atoms. The SMILES string of the molecule is C#CCC1OC(CC2OCCO2)C=CC1OC. The topological polar surface area (TPSA) is 36.9 Å². The molecule has 0 amide bonds. The van der Waals surface area contributed by atoms with Gasteiger partial charge in [0.05, 0.1) is 25.4 Å². The number of hydrogen-bond acceptors (Lipinski definition) is 4. The van der Waals surface area contributed by atoms with Gasteiger partial charge >= 0.3 is 0 Å². The number of methoxy groups -OCH3 is 1. The zero-order valence-corrected chi connectivity index (χ0v) is 10.0. The van der Waals surface area contributed by atoms with Crippen LogP contribution in [0.2, 0.25) is 0 Å². The minimum atomic E-state index is -0.157. The Labute approximate surface area is 102 Å². The van der Waals surface area contributed by atoms with Gasteiger partial charge in [-0.1, -0.05) is 12.2 Å². The summed E-state index contributed by atoms with van der Waals surface area (Å²) in [7, 11) is 1.66. The third-order valence-corrected chi connectivity index (χ3v) is 2.94. The molecular formula is C13H18O4. The number of terminal acetylenes is 1. The van der Waals surface area contributed by atoms with E-state index >= 15 is 0 Å². The van der Waals surface area contributed by atoms with Crippen LogP contribution in [0.1, 0.15) is 12.8 Å². The van der Waals surface area contributed by atoms with Crippen LogP contribution < -0.4 is 0 Å².